The molecular weight excluding hydrogens is 400 g/mol. The van der Waals surface area contributed by atoms with Crippen LogP contribution in [0.2, 0.25) is 0 Å². The normalized spacial score (nSPS) is 23.1. The average Bonchev–Trinajstić information content (AvgIpc) is 3.40. The smallest absolute Gasteiger partial charge is 0.255 e. The summed E-state index contributed by atoms with van der Waals surface area (Å²) in [5.41, 5.74) is 2.66. The zero-order valence-corrected chi connectivity index (χ0v) is 17.3. The van der Waals surface area contributed by atoms with Gasteiger partial charge in [-0.1, -0.05) is 11.3 Å². The number of ether oxygens (including phenoxy) is 1. The van der Waals surface area contributed by atoms with Crippen molar-refractivity contribution >= 4 is 17.7 Å². The van der Waals surface area contributed by atoms with Gasteiger partial charge in [0, 0.05) is 37.3 Å². The Morgan fingerprint density at radius 1 is 1.23 bits per heavy atom. The van der Waals surface area contributed by atoms with Crippen LogP contribution in [-0.4, -0.2) is 63.9 Å². The van der Waals surface area contributed by atoms with E-state index in [4.69, 9.17) is 4.74 Å². The topological polar surface area (TPSA) is 118 Å². The monoisotopic (exact) mass is 424 g/mol. The predicted octanol–water partition coefficient (Wildman–Crippen LogP) is 0.253. The van der Waals surface area contributed by atoms with E-state index >= 15 is 0 Å². The summed E-state index contributed by atoms with van der Waals surface area (Å²) in [6.45, 7) is 1.60. The molecule has 5 rings (SSSR count). The second-order valence-corrected chi connectivity index (χ2v) is 8.20. The van der Waals surface area contributed by atoms with Crippen molar-refractivity contribution in [3.05, 3.63) is 41.2 Å². The third-order valence-corrected chi connectivity index (χ3v) is 6.61. The first-order chi connectivity index (χ1) is 15.0. The van der Waals surface area contributed by atoms with Crippen molar-refractivity contribution in [1.82, 2.24) is 30.5 Å². The molecule has 0 bridgehead atoms. The number of hydrogen-bond donors (Lipinski definition) is 2. The van der Waals surface area contributed by atoms with Gasteiger partial charge in [0.15, 0.2) is 0 Å². The molecular formula is C21H24N6O4. The number of nitrogens with one attached hydrogen (secondary N) is 2. The van der Waals surface area contributed by atoms with Crippen LogP contribution in [-0.2, 0) is 26.4 Å². The molecule has 0 aliphatic carbocycles. The lowest BCUT2D eigenvalue weighted by Gasteiger charge is -2.35. The Bertz CT molecular complexity index is 1060. The average molecular weight is 424 g/mol. The van der Waals surface area contributed by atoms with Crippen LogP contribution in [0.4, 0.5) is 0 Å². The van der Waals surface area contributed by atoms with E-state index < -0.39 is 11.9 Å². The van der Waals surface area contributed by atoms with Gasteiger partial charge >= 0.3 is 0 Å². The first-order valence-electron chi connectivity index (χ1n) is 10.5. The minimum Gasteiger partial charge on any atom is -0.381 e. The molecule has 2 saturated heterocycles. The highest BCUT2D eigenvalue weighted by Gasteiger charge is 2.40. The Hall–Kier alpha value is -3.11. The fourth-order valence-electron chi connectivity index (χ4n) is 4.74. The van der Waals surface area contributed by atoms with Crippen LogP contribution in [0.25, 0.3) is 5.69 Å². The van der Waals surface area contributed by atoms with E-state index in [2.05, 4.69) is 20.9 Å². The van der Waals surface area contributed by atoms with Gasteiger partial charge in [-0.15, -0.1) is 5.10 Å². The number of aromatic nitrogens is 3. The van der Waals surface area contributed by atoms with Crippen molar-refractivity contribution < 1.29 is 19.1 Å². The number of rotatable bonds is 4. The van der Waals surface area contributed by atoms with E-state index in [0.717, 1.165) is 29.8 Å². The van der Waals surface area contributed by atoms with Gasteiger partial charge in [-0.3, -0.25) is 19.7 Å². The van der Waals surface area contributed by atoms with E-state index in [1.807, 2.05) is 25.4 Å². The van der Waals surface area contributed by atoms with Crippen LogP contribution < -0.4 is 10.6 Å². The standard InChI is InChI=1S/C21H24N6O4/c1-22-21(7-9-31-10-8-21)17-12-27(25-24-17)15-4-2-3-13-14(15)11-26(20(13)30)16-5-6-18(28)23-19(16)29/h2-4,12,16,22H,5-11H2,1H3,(H,23,28,29). The number of fused-ring (bicyclic) bond motifs is 1. The number of hydrogen-bond acceptors (Lipinski definition) is 7. The molecule has 0 radical (unpaired) electrons. The molecule has 0 spiro atoms. The third kappa shape index (κ3) is 3.22. The molecule has 1 unspecified atom stereocenters. The molecule has 4 heterocycles. The second kappa shape index (κ2) is 7.54. The van der Waals surface area contributed by atoms with Gasteiger partial charge in [-0.2, -0.15) is 0 Å². The van der Waals surface area contributed by atoms with Crippen molar-refractivity contribution in [3.63, 3.8) is 0 Å². The summed E-state index contributed by atoms with van der Waals surface area (Å²) >= 11 is 0. The lowest BCUT2D eigenvalue weighted by molar-refractivity contribution is -0.136. The van der Waals surface area contributed by atoms with Crippen molar-refractivity contribution in [2.45, 2.75) is 43.8 Å². The number of carbonyl (C=O) groups is 3. The van der Waals surface area contributed by atoms with Crippen LogP contribution >= 0.6 is 0 Å². The highest BCUT2D eigenvalue weighted by molar-refractivity contribution is 6.05. The molecule has 2 fully saturated rings. The predicted molar refractivity (Wildman–Crippen MR) is 108 cm³/mol. The summed E-state index contributed by atoms with van der Waals surface area (Å²) in [4.78, 5) is 38.4. The zero-order valence-electron chi connectivity index (χ0n) is 17.3. The Kier molecular flexibility index (Phi) is 4.82. The summed E-state index contributed by atoms with van der Waals surface area (Å²) in [7, 11) is 1.92. The summed E-state index contributed by atoms with van der Waals surface area (Å²) in [5.74, 6) is -0.923. The summed E-state index contributed by atoms with van der Waals surface area (Å²) < 4.78 is 7.20. The number of benzene rings is 1. The van der Waals surface area contributed by atoms with Gasteiger partial charge in [0.1, 0.15) is 11.7 Å². The highest BCUT2D eigenvalue weighted by atomic mass is 16.5. The molecule has 1 aromatic carbocycles. The van der Waals surface area contributed by atoms with Crippen molar-refractivity contribution in [2.24, 2.45) is 0 Å². The Balaban J connectivity index is 1.46. The maximum atomic E-state index is 13.0. The summed E-state index contributed by atoms with van der Waals surface area (Å²) in [6, 6.07) is 4.82. The number of imide groups is 1. The van der Waals surface area contributed by atoms with E-state index in [1.54, 1.807) is 15.6 Å². The molecule has 10 nitrogen and oxygen atoms in total. The van der Waals surface area contributed by atoms with Crippen LogP contribution in [0.15, 0.2) is 24.4 Å². The lowest BCUT2D eigenvalue weighted by Crippen LogP contribution is -2.52. The molecule has 1 aromatic heterocycles. The SMILES string of the molecule is CNC1(c2cn(-c3cccc4c3CN(C3CCC(=O)NC3=O)C4=O)nn2)CCOCC1. The second-order valence-electron chi connectivity index (χ2n) is 8.20. The van der Waals surface area contributed by atoms with E-state index in [-0.39, 0.29) is 30.3 Å². The first kappa shape index (κ1) is 19.8. The molecule has 2 aromatic rings. The zero-order chi connectivity index (χ0) is 21.6. The van der Waals surface area contributed by atoms with Gasteiger partial charge in [-0.25, -0.2) is 4.68 Å². The molecule has 0 saturated carbocycles. The Labute approximate surface area is 178 Å². The number of nitrogens with zero attached hydrogens (tertiary/aromatic N) is 4. The molecule has 3 aliphatic rings. The molecule has 31 heavy (non-hydrogen) atoms. The fraction of sp³-hybridized carbons (Fsp3) is 0.476. The van der Waals surface area contributed by atoms with Crippen molar-refractivity contribution in [3.8, 4) is 5.69 Å². The van der Waals surface area contributed by atoms with E-state index in [0.29, 0.717) is 25.2 Å². The Morgan fingerprint density at radius 3 is 2.77 bits per heavy atom. The van der Waals surface area contributed by atoms with Gasteiger partial charge in [0.2, 0.25) is 11.8 Å². The van der Waals surface area contributed by atoms with E-state index in [1.165, 1.54) is 0 Å². The first-order valence-corrected chi connectivity index (χ1v) is 10.5. The van der Waals surface area contributed by atoms with E-state index in [9.17, 15) is 14.4 Å². The van der Waals surface area contributed by atoms with Gasteiger partial charge in [0.05, 0.1) is 17.4 Å². The summed E-state index contributed by atoms with van der Waals surface area (Å²) in [5, 5.41) is 14.5. The molecule has 3 amide bonds. The maximum absolute atomic E-state index is 13.0. The van der Waals surface area contributed by atoms with Gasteiger partial charge < -0.3 is 15.0 Å². The molecule has 1 atom stereocenters. The van der Waals surface area contributed by atoms with Gasteiger partial charge in [0.25, 0.3) is 5.91 Å². The number of piperidine rings is 1. The largest absolute Gasteiger partial charge is 0.381 e. The molecule has 10 heteroatoms. The fourth-order valence-corrected chi connectivity index (χ4v) is 4.74. The summed E-state index contributed by atoms with van der Waals surface area (Å²) in [6.07, 6.45) is 4.07. The molecule has 3 aliphatic heterocycles. The minimum atomic E-state index is -0.647. The van der Waals surface area contributed by atoms with Crippen molar-refractivity contribution in [2.75, 3.05) is 20.3 Å². The lowest BCUT2D eigenvalue weighted by atomic mass is 9.87. The quantitative estimate of drug-likeness (QED) is 0.676. The number of amides is 3. The van der Waals surface area contributed by atoms with Crippen LogP contribution in [0.3, 0.4) is 0 Å². The maximum Gasteiger partial charge on any atom is 0.255 e. The van der Waals surface area contributed by atoms with Gasteiger partial charge in [-0.05, 0) is 38.4 Å². The van der Waals surface area contributed by atoms with Crippen LogP contribution in [0.1, 0.15) is 47.3 Å². The third-order valence-electron chi connectivity index (χ3n) is 6.61. The van der Waals surface area contributed by atoms with Crippen LogP contribution in [0, 0.1) is 0 Å². The molecule has 162 valence electrons. The molecule has 2 N–H and O–H groups in total. The van der Waals surface area contributed by atoms with Crippen LogP contribution in [0.5, 0.6) is 0 Å². The number of carbonyl (C=O) groups excluding carboxylic acids is 3. The highest BCUT2D eigenvalue weighted by Crippen LogP contribution is 2.33. The van der Waals surface area contributed by atoms with Crippen molar-refractivity contribution in [1.29, 1.82) is 0 Å². The minimum absolute atomic E-state index is 0.206. The Morgan fingerprint density at radius 2 is 2.03 bits per heavy atom.